The number of nitro benzene ring substituents is 1. The quantitative estimate of drug-likeness (QED) is 0.377. The molecule has 2 rings (SSSR count). The fourth-order valence-corrected chi connectivity index (χ4v) is 3.35. The second-order valence-electron chi connectivity index (χ2n) is 6.09. The third-order valence-electron chi connectivity index (χ3n) is 4.02. The molecule has 0 bridgehead atoms. The number of hydrogen-bond donors (Lipinski definition) is 1. The van der Waals surface area contributed by atoms with Gasteiger partial charge in [0.2, 0.25) is 5.75 Å². The van der Waals surface area contributed by atoms with E-state index in [-0.39, 0.29) is 40.9 Å². The van der Waals surface area contributed by atoms with Gasteiger partial charge in [-0.2, -0.15) is 13.5 Å². The van der Waals surface area contributed by atoms with Crippen LogP contribution in [0.25, 0.3) is 0 Å². The van der Waals surface area contributed by atoms with Crippen LogP contribution in [0.4, 0.5) is 5.69 Å². The molecule has 0 saturated carbocycles. The number of benzene rings is 2. The number of hydrogen-bond acceptors (Lipinski definition) is 7. The van der Waals surface area contributed by atoms with Gasteiger partial charge in [0.05, 0.1) is 29.2 Å². The Morgan fingerprint density at radius 2 is 1.79 bits per heavy atom. The van der Waals surface area contributed by atoms with Crippen LogP contribution < -0.4 is 14.3 Å². The molecule has 1 N–H and O–H groups in total. The van der Waals surface area contributed by atoms with Crippen molar-refractivity contribution in [3.63, 3.8) is 0 Å². The number of ether oxygens (including phenoxy) is 2. The molecule has 0 aliphatic heterocycles. The number of nitrogens with one attached hydrogen (secondary N) is 1. The van der Waals surface area contributed by atoms with Crippen LogP contribution >= 0.6 is 0 Å². The first-order chi connectivity index (χ1) is 13.7. The highest BCUT2D eigenvalue weighted by Crippen LogP contribution is 2.38. The van der Waals surface area contributed by atoms with Crippen LogP contribution in [0.1, 0.15) is 30.5 Å². The van der Waals surface area contributed by atoms with Crippen LogP contribution in [0, 0.1) is 24.0 Å². The van der Waals surface area contributed by atoms with Gasteiger partial charge in [-0.1, -0.05) is 6.07 Å². The van der Waals surface area contributed by atoms with Crippen molar-refractivity contribution in [1.82, 2.24) is 4.83 Å². The SMILES string of the molecule is CCOc1cc(/C=N/NS(=O)(=O)c2ccc(C)c(C)c2)cc([N+](=O)[O-])c1OCC. The summed E-state index contributed by atoms with van der Waals surface area (Å²) >= 11 is 0. The number of hydrazone groups is 1. The Morgan fingerprint density at radius 3 is 2.38 bits per heavy atom. The van der Waals surface area contributed by atoms with E-state index in [1.54, 1.807) is 26.0 Å². The summed E-state index contributed by atoms with van der Waals surface area (Å²) in [5.41, 5.74) is 1.79. The zero-order valence-corrected chi connectivity index (χ0v) is 17.4. The fraction of sp³-hybridized carbons (Fsp3) is 0.316. The molecule has 0 unspecified atom stereocenters. The van der Waals surface area contributed by atoms with Crippen molar-refractivity contribution in [3.05, 3.63) is 57.1 Å². The van der Waals surface area contributed by atoms with E-state index in [0.717, 1.165) is 11.1 Å². The number of rotatable bonds is 9. The number of aryl methyl sites for hydroxylation is 2. The van der Waals surface area contributed by atoms with Gasteiger partial charge >= 0.3 is 5.69 Å². The van der Waals surface area contributed by atoms with E-state index < -0.39 is 14.9 Å². The molecule has 0 fully saturated rings. The van der Waals surface area contributed by atoms with Crippen LogP contribution in [-0.2, 0) is 10.0 Å². The lowest BCUT2D eigenvalue weighted by Gasteiger charge is -2.11. The first kappa shape index (κ1) is 22.2. The summed E-state index contributed by atoms with van der Waals surface area (Å²) in [4.78, 5) is 13.0. The lowest BCUT2D eigenvalue weighted by Crippen LogP contribution is -2.18. The average molecular weight is 421 g/mol. The summed E-state index contributed by atoms with van der Waals surface area (Å²) in [5.74, 6) is 0.203. The molecular formula is C19H23N3O6S. The molecule has 10 heteroatoms. The van der Waals surface area contributed by atoms with Crippen molar-refractivity contribution in [1.29, 1.82) is 0 Å². The van der Waals surface area contributed by atoms with Gasteiger partial charge in [-0.25, -0.2) is 4.83 Å². The molecule has 29 heavy (non-hydrogen) atoms. The van der Waals surface area contributed by atoms with Crippen molar-refractivity contribution in [3.8, 4) is 11.5 Å². The molecule has 0 aliphatic rings. The summed E-state index contributed by atoms with van der Waals surface area (Å²) in [5, 5.41) is 15.1. The van der Waals surface area contributed by atoms with Crippen LogP contribution in [0.15, 0.2) is 40.3 Å². The Balaban J connectivity index is 2.33. The Morgan fingerprint density at radius 1 is 1.10 bits per heavy atom. The van der Waals surface area contributed by atoms with Gasteiger partial charge in [0, 0.05) is 11.6 Å². The Kier molecular flexibility index (Phi) is 7.16. The van der Waals surface area contributed by atoms with E-state index in [2.05, 4.69) is 9.93 Å². The van der Waals surface area contributed by atoms with Gasteiger partial charge in [-0.05, 0) is 57.0 Å². The van der Waals surface area contributed by atoms with Gasteiger partial charge in [0.1, 0.15) is 0 Å². The van der Waals surface area contributed by atoms with E-state index >= 15 is 0 Å². The molecule has 0 heterocycles. The second kappa shape index (κ2) is 9.37. The Hall–Kier alpha value is -3.14. The summed E-state index contributed by atoms with van der Waals surface area (Å²) in [6.07, 6.45) is 1.17. The monoisotopic (exact) mass is 421 g/mol. The van der Waals surface area contributed by atoms with Crippen molar-refractivity contribution >= 4 is 21.9 Å². The molecule has 0 radical (unpaired) electrons. The van der Waals surface area contributed by atoms with Crippen molar-refractivity contribution in [2.75, 3.05) is 13.2 Å². The van der Waals surface area contributed by atoms with Gasteiger partial charge in [-0.15, -0.1) is 0 Å². The van der Waals surface area contributed by atoms with Gasteiger partial charge in [-0.3, -0.25) is 10.1 Å². The molecule has 0 saturated heterocycles. The predicted octanol–water partition coefficient (Wildman–Crippen LogP) is 3.32. The fourth-order valence-electron chi connectivity index (χ4n) is 2.47. The maximum atomic E-state index is 12.4. The number of nitrogens with zero attached hydrogens (tertiary/aromatic N) is 2. The summed E-state index contributed by atoms with van der Waals surface area (Å²) in [6.45, 7) is 7.63. The maximum Gasteiger partial charge on any atom is 0.315 e. The minimum Gasteiger partial charge on any atom is -0.490 e. The van der Waals surface area contributed by atoms with E-state index in [9.17, 15) is 18.5 Å². The smallest absolute Gasteiger partial charge is 0.315 e. The van der Waals surface area contributed by atoms with Crippen LogP contribution in [0.2, 0.25) is 0 Å². The molecule has 0 aliphatic carbocycles. The standard InChI is InChI=1S/C19H23N3O6S/c1-5-27-18-11-15(10-17(22(23)24)19(18)28-6-2)12-20-21-29(25,26)16-8-7-13(3)14(4)9-16/h7-12,21H,5-6H2,1-4H3/b20-12+. The van der Waals surface area contributed by atoms with Gasteiger partial charge in [0.15, 0.2) is 5.75 Å². The number of sulfonamides is 1. The minimum absolute atomic E-state index is 0.0206. The van der Waals surface area contributed by atoms with E-state index in [0.29, 0.717) is 0 Å². The second-order valence-corrected chi connectivity index (χ2v) is 7.75. The summed E-state index contributed by atoms with van der Waals surface area (Å²) < 4.78 is 35.6. The topological polar surface area (TPSA) is 120 Å². The Bertz CT molecular complexity index is 1030. The number of nitro groups is 1. The average Bonchev–Trinajstić information content (AvgIpc) is 2.65. The zero-order chi connectivity index (χ0) is 21.6. The lowest BCUT2D eigenvalue weighted by atomic mass is 10.1. The molecular weight excluding hydrogens is 398 g/mol. The van der Waals surface area contributed by atoms with Gasteiger partial charge < -0.3 is 9.47 Å². The molecule has 156 valence electrons. The van der Waals surface area contributed by atoms with Crippen molar-refractivity contribution < 1.29 is 22.8 Å². The van der Waals surface area contributed by atoms with E-state index in [1.165, 1.54) is 24.4 Å². The van der Waals surface area contributed by atoms with Crippen molar-refractivity contribution in [2.24, 2.45) is 5.10 Å². The molecule has 0 aromatic heterocycles. The molecule has 0 atom stereocenters. The van der Waals surface area contributed by atoms with Crippen LogP contribution in [-0.4, -0.2) is 32.8 Å². The first-order valence-electron chi connectivity index (χ1n) is 8.89. The summed E-state index contributed by atoms with van der Waals surface area (Å²) in [6, 6.07) is 7.46. The molecule has 9 nitrogen and oxygen atoms in total. The summed E-state index contributed by atoms with van der Waals surface area (Å²) in [7, 11) is -3.87. The normalized spacial score (nSPS) is 11.4. The van der Waals surface area contributed by atoms with Crippen LogP contribution in [0.3, 0.4) is 0 Å². The molecule has 0 amide bonds. The zero-order valence-electron chi connectivity index (χ0n) is 16.6. The third-order valence-corrected chi connectivity index (χ3v) is 5.24. The first-order valence-corrected chi connectivity index (χ1v) is 10.4. The molecule has 2 aromatic carbocycles. The minimum atomic E-state index is -3.87. The van der Waals surface area contributed by atoms with Gasteiger partial charge in [0.25, 0.3) is 10.0 Å². The van der Waals surface area contributed by atoms with E-state index in [1.807, 2.05) is 13.8 Å². The largest absolute Gasteiger partial charge is 0.490 e. The highest BCUT2D eigenvalue weighted by Gasteiger charge is 2.22. The lowest BCUT2D eigenvalue weighted by molar-refractivity contribution is -0.385. The Labute approximate surface area is 169 Å². The predicted molar refractivity (Wildman–Crippen MR) is 109 cm³/mol. The molecule has 2 aromatic rings. The highest BCUT2D eigenvalue weighted by molar-refractivity contribution is 7.89. The highest BCUT2D eigenvalue weighted by atomic mass is 32.2. The molecule has 0 spiro atoms. The van der Waals surface area contributed by atoms with Crippen LogP contribution in [0.5, 0.6) is 11.5 Å². The third kappa shape index (κ3) is 5.44. The van der Waals surface area contributed by atoms with Crippen molar-refractivity contribution in [2.45, 2.75) is 32.6 Å². The maximum absolute atomic E-state index is 12.4. The van der Waals surface area contributed by atoms with E-state index in [4.69, 9.17) is 9.47 Å².